The van der Waals surface area contributed by atoms with Crippen LogP contribution in [-0.2, 0) is 10.2 Å². The van der Waals surface area contributed by atoms with Crippen LogP contribution >= 0.6 is 11.6 Å². The van der Waals surface area contributed by atoms with E-state index in [1.807, 2.05) is 6.92 Å². The van der Waals surface area contributed by atoms with Gasteiger partial charge in [-0.05, 0) is 25.3 Å². The molecule has 0 radical (unpaired) electrons. The molecule has 1 N–H and O–H groups in total. The quantitative estimate of drug-likeness (QED) is 0.906. The van der Waals surface area contributed by atoms with Crippen LogP contribution < -0.4 is 9.47 Å². The minimum atomic E-state index is -0.828. The van der Waals surface area contributed by atoms with Gasteiger partial charge in [-0.25, -0.2) is 0 Å². The van der Waals surface area contributed by atoms with Crippen LogP contribution in [0.15, 0.2) is 6.07 Å². The molecule has 1 aliphatic heterocycles. The van der Waals surface area contributed by atoms with Gasteiger partial charge in [0.25, 0.3) is 0 Å². The first kappa shape index (κ1) is 12.6. The second kappa shape index (κ2) is 4.30. The van der Waals surface area contributed by atoms with Crippen molar-refractivity contribution < 1.29 is 19.4 Å². The number of hydrogen-bond donors (Lipinski definition) is 1. The highest BCUT2D eigenvalue weighted by Gasteiger charge is 2.54. The summed E-state index contributed by atoms with van der Waals surface area (Å²) in [6, 6.07) is 1.69. The molecule has 1 aliphatic carbocycles. The van der Waals surface area contributed by atoms with Crippen molar-refractivity contribution in [3.8, 4) is 11.5 Å². The molecule has 1 saturated carbocycles. The van der Waals surface area contributed by atoms with Crippen LogP contribution in [0.3, 0.4) is 0 Å². The average molecular weight is 283 g/mol. The van der Waals surface area contributed by atoms with Crippen LogP contribution in [0.4, 0.5) is 0 Å². The Bertz CT molecular complexity index is 549. The second-order valence-corrected chi connectivity index (χ2v) is 5.53. The fourth-order valence-electron chi connectivity index (χ4n) is 2.72. The third-order valence-corrected chi connectivity index (χ3v) is 4.16. The van der Waals surface area contributed by atoms with Crippen molar-refractivity contribution in [2.24, 2.45) is 0 Å². The fraction of sp³-hybridized carbons (Fsp3) is 0.500. The van der Waals surface area contributed by atoms with E-state index in [0.717, 1.165) is 12.0 Å². The van der Waals surface area contributed by atoms with E-state index in [9.17, 15) is 9.90 Å². The summed E-state index contributed by atoms with van der Waals surface area (Å²) in [5.41, 5.74) is 0.654. The SMILES string of the molecule is Cc1c2c(cc(Cl)c1C1(C(=O)O)CC1)OCCCO2. The summed E-state index contributed by atoms with van der Waals surface area (Å²) in [5.74, 6) is 0.446. The van der Waals surface area contributed by atoms with Gasteiger partial charge in [0.05, 0.1) is 18.6 Å². The van der Waals surface area contributed by atoms with Gasteiger partial charge in [0.15, 0.2) is 11.5 Å². The third-order valence-electron chi connectivity index (χ3n) is 3.87. The maximum atomic E-state index is 11.5. The van der Waals surface area contributed by atoms with E-state index >= 15 is 0 Å². The van der Waals surface area contributed by atoms with Gasteiger partial charge in [-0.1, -0.05) is 11.6 Å². The molecule has 0 spiro atoms. The van der Waals surface area contributed by atoms with Gasteiger partial charge >= 0.3 is 5.97 Å². The molecule has 102 valence electrons. The number of carboxylic acids is 1. The lowest BCUT2D eigenvalue weighted by atomic mass is 9.91. The lowest BCUT2D eigenvalue weighted by Crippen LogP contribution is -2.21. The van der Waals surface area contributed by atoms with E-state index in [-0.39, 0.29) is 0 Å². The standard InChI is InChI=1S/C14H15ClO4/c1-8-11(14(3-4-14)13(16)17)9(15)7-10-12(8)19-6-2-5-18-10/h7H,2-6H2,1H3,(H,16,17). The maximum absolute atomic E-state index is 11.5. The molecule has 2 aliphatic rings. The van der Waals surface area contributed by atoms with Gasteiger partial charge in [-0.2, -0.15) is 0 Å². The van der Waals surface area contributed by atoms with Crippen LogP contribution in [0.2, 0.25) is 5.02 Å². The molecular formula is C14H15ClO4. The number of rotatable bonds is 2. The molecule has 5 heteroatoms. The molecule has 0 atom stereocenters. The minimum Gasteiger partial charge on any atom is -0.489 e. The molecule has 4 nitrogen and oxygen atoms in total. The predicted octanol–water partition coefficient (Wildman–Crippen LogP) is 2.93. The van der Waals surface area contributed by atoms with E-state index in [1.54, 1.807) is 6.07 Å². The number of hydrogen-bond acceptors (Lipinski definition) is 3. The van der Waals surface area contributed by atoms with E-state index in [0.29, 0.717) is 48.1 Å². The Balaban J connectivity index is 2.16. The van der Waals surface area contributed by atoms with Crippen molar-refractivity contribution >= 4 is 17.6 Å². The molecule has 3 rings (SSSR count). The topological polar surface area (TPSA) is 55.8 Å². The summed E-state index contributed by atoms with van der Waals surface area (Å²) in [6.07, 6.45) is 2.07. The number of halogens is 1. The third kappa shape index (κ3) is 1.86. The van der Waals surface area contributed by atoms with Crippen molar-refractivity contribution in [3.63, 3.8) is 0 Å². The van der Waals surface area contributed by atoms with Crippen molar-refractivity contribution in [1.82, 2.24) is 0 Å². The Morgan fingerprint density at radius 3 is 2.68 bits per heavy atom. The molecular weight excluding hydrogens is 268 g/mol. The van der Waals surface area contributed by atoms with Gasteiger partial charge in [-0.3, -0.25) is 4.79 Å². The summed E-state index contributed by atoms with van der Waals surface area (Å²) in [4.78, 5) is 11.5. The second-order valence-electron chi connectivity index (χ2n) is 5.12. The largest absolute Gasteiger partial charge is 0.489 e. The van der Waals surface area contributed by atoms with E-state index < -0.39 is 11.4 Å². The van der Waals surface area contributed by atoms with Crippen molar-refractivity contribution in [1.29, 1.82) is 0 Å². The normalized spacial score (nSPS) is 19.7. The summed E-state index contributed by atoms with van der Waals surface area (Å²) < 4.78 is 11.3. The first-order valence-corrected chi connectivity index (χ1v) is 6.76. The molecule has 0 unspecified atom stereocenters. The number of benzene rings is 1. The molecule has 0 aromatic heterocycles. The number of aliphatic carboxylic acids is 1. The molecule has 0 amide bonds. The minimum absolute atomic E-state index is 0.460. The molecule has 1 aromatic carbocycles. The van der Waals surface area contributed by atoms with Crippen LogP contribution in [0.25, 0.3) is 0 Å². The first-order chi connectivity index (χ1) is 9.06. The number of carboxylic acid groups (broad SMARTS) is 1. The summed E-state index contributed by atoms with van der Waals surface area (Å²) in [7, 11) is 0. The highest BCUT2D eigenvalue weighted by molar-refractivity contribution is 6.32. The lowest BCUT2D eigenvalue weighted by molar-refractivity contribution is -0.140. The average Bonchev–Trinajstić information content (AvgIpc) is 3.13. The van der Waals surface area contributed by atoms with Gasteiger partial charge < -0.3 is 14.6 Å². The molecule has 0 bridgehead atoms. The van der Waals surface area contributed by atoms with Crippen LogP contribution in [0, 0.1) is 6.92 Å². The highest BCUT2D eigenvalue weighted by Crippen LogP contribution is 2.55. The smallest absolute Gasteiger partial charge is 0.314 e. The monoisotopic (exact) mass is 282 g/mol. The predicted molar refractivity (Wildman–Crippen MR) is 70.3 cm³/mol. The zero-order chi connectivity index (χ0) is 13.6. The van der Waals surface area contributed by atoms with Crippen molar-refractivity contribution in [2.75, 3.05) is 13.2 Å². The number of fused-ring (bicyclic) bond motifs is 1. The van der Waals surface area contributed by atoms with E-state index in [1.165, 1.54) is 0 Å². The van der Waals surface area contributed by atoms with Crippen LogP contribution in [-0.4, -0.2) is 24.3 Å². The van der Waals surface area contributed by atoms with E-state index in [2.05, 4.69) is 0 Å². The summed E-state index contributed by atoms with van der Waals surface area (Å²) in [6.45, 7) is 3.03. The summed E-state index contributed by atoms with van der Waals surface area (Å²) >= 11 is 6.29. The number of carbonyl (C=O) groups is 1. The molecule has 0 saturated heterocycles. The van der Waals surface area contributed by atoms with Crippen LogP contribution in [0.5, 0.6) is 11.5 Å². The van der Waals surface area contributed by atoms with Gasteiger partial charge in [0.1, 0.15) is 0 Å². The van der Waals surface area contributed by atoms with Gasteiger partial charge in [0, 0.05) is 23.1 Å². The Hall–Kier alpha value is -1.42. The Morgan fingerprint density at radius 2 is 2.05 bits per heavy atom. The first-order valence-electron chi connectivity index (χ1n) is 6.39. The molecule has 1 heterocycles. The molecule has 1 fully saturated rings. The zero-order valence-electron chi connectivity index (χ0n) is 10.7. The molecule has 19 heavy (non-hydrogen) atoms. The van der Waals surface area contributed by atoms with Crippen molar-refractivity contribution in [2.45, 2.75) is 31.6 Å². The summed E-state index contributed by atoms with van der Waals surface area (Å²) in [5, 5.41) is 9.89. The fourth-order valence-corrected chi connectivity index (χ4v) is 3.14. The van der Waals surface area contributed by atoms with Gasteiger partial charge in [-0.15, -0.1) is 0 Å². The number of ether oxygens (including phenoxy) is 2. The van der Waals surface area contributed by atoms with Gasteiger partial charge in [0.2, 0.25) is 0 Å². The van der Waals surface area contributed by atoms with Crippen molar-refractivity contribution in [3.05, 3.63) is 22.2 Å². The Labute approximate surface area is 116 Å². The molecule has 1 aromatic rings. The maximum Gasteiger partial charge on any atom is 0.314 e. The highest BCUT2D eigenvalue weighted by atomic mass is 35.5. The Kier molecular flexibility index (Phi) is 2.86. The van der Waals surface area contributed by atoms with E-state index in [4.69, 9.17) is 21.1 Å². The Morgan fingerprint density at radius 1 is 1.37 bits per heavy atom. The van der Waals surface area contributed by atoms with Crippen LogP contribution in [0.1, 0.15) is 30.4 Å². The zero-order valence-corrected chi connectivity index (χ0v) is 11.4. The lowest BCUT2D eigenvalue weighted by Gasteiger charge is -2.20.